The van der Waals surface area contributed by atoms with Gasteiger partial charge in [0.05, 0.1) is 5.54 Å². The zero-order chi connectivity index (χ0) is 13.5. The Morgan fingerprint density at radius 3 is 2.00 bits per heavy atom. The SMILES string of the molecule is CC1(C)CN1C(=O)c1ccc(-c2ccccc2)cc1. The van der Waals surface area contributed by atoms with Crippen LogP contribution in [0.4, 0.5) is 0 Å². The van der Waals surface area contributed by atoms with E-state index in [9.17, 15) is 4.79 Å². The molecule has 2 nitrogen and oxygen atoms in total. The molecule has 1 amide bonds. The van der Waals surface area contributed by atoms with Crippen LogP contribution in [0.3, 0.4) is 0 Å². The van der Waals surface area contributed by atoms with Crippen molar-refractivity contribution in [3.63, 3.8) is 0 Å². The second-order valence-electron chi connectivity index (χ2n) is 5.65. The fraction of sp³-hybridized carbons (Fsp3) is 0.235. The Labute approximate surface area is 113 Å². The van der Waals surface area contributed by atoms with Crippen molar-refractivity contribution in [3.8, 4) is 11.1 Å². The first-order chi connectivity index (χ1) is 9.08. The van der Waals surface area contributed by atoms with Gasteiger partial charge in [-0.3, -0.25) is 4.79 Å². The minimum absolute atomic E-state index is 0.0369. The molecule has 1 fully saturated rings. The van der Waals surface area contributed by atoms with Crippen molar-refractivity contribution >= 4 is 5.91 Å². The number of hydrogen-bond acceptors (Lipinski definition) is 1. The topological polar surface area (TPSA) is 20.1 Å². The third-order valence-electron chi connectivity index (χ3n) is 3.66. The number of nitrogens with zero attached hydrogens (tertiary/aromatic N) is 1. The molecule has 0 unspecified atom stereocenters. The van der Waals surface area contributed by atoms with Gasteiger partial charge in [-0.05, 0) is 37.1 Å². The van der Waals surface area contributed by atoms with E-state index >= 15 is 0 Å². The largest absolute Gasteiger partial charge is 0.329 e. The van der Waals surface area contributed by atoms with Crippen LogP contribution in [-0.4, -0.2) is 22.9 Å². The Morgan fingerprint density at radius 1 is 0.947 bits per heavy atom. The van der Waals surface area contributed by atoms with Gasteiger partial charge in [-0.25, -0.2) is 0 Å². The summed E-state index contributed by atoms with van der Waals surface area (Å²) in [5, 5.41) is 0. The van der Waals surface area contributed by atoms with E-state index in [0.29, 0.717) is 0 Å². The van der Waals surface area contributed by atoms with Gasteiger partial charge in [-0.15, -0.1) is 0 Å². The molecule has 0 aromatic heterocycles. The second-order valence-corrected chi connectivity index (χ2v) is 5.65. The van der Waals surface area contributed by atoms with E-state index in [1.54, 1.807) is 0 Å². The smallest absolute Gasteiger partial charge is 0.254 e. The summed E-state index contributed by atoms with van der Waals surface area (Å²) in [5.74, 6) is 0.129. The highest BCUT2D eigenvalue weighted by molar-refractivity contribution is 5.96. The lowest BCUT2D eigenvalue weighted by Crippen LogP contribution is -2.17. The first-order valence-corrected chi connectivity index (χ1v) is 6.55. The minimum Gasteiger partial charge on any atom is -0.329 e. The van der Waals surface area contributed by atoms with E-state index in [1.807, 2.05) is 47.4 Å². The van der Waals surface area contributed by atoms with Crippen molar-refractivity contribution in [2.75, 3.05) is 6.54 Å². The number of amides is 1. The highest BCUT2D eigenvalue weighted by Gasteiger charge is 2.46. The van der Waals surface area contributed by atoms with Crippen LogP contribution in [0.1, 0.15) is 24.2 Å². The van der Waals surface area contributed by atoms with E-state index in [1.165, 1.54) is 5.56 Å². The molecule has 2 heteroatoms. The van der Waals surface area contributed by atoms with Crippen molar-refractivity contribution < 1.29 is 4.79 Å². The molecule has 0 atom stereocenters. The van der Waals surface area contributed by atoms with Crippen LogP contribution in [0.15, 0.2) is 54.6 Å². The van der Waals surface area contributed by atoms with Gasteiger partial charge >= 0.3 is 0 Å². The predicted molar refractivity (Wildman–Crippen MR) is 77.0 cm³/mol. The molecule has 2 aromatic rings. The average Bonchev–Trinajstić information content (AvgIpc) is 3.08. The molecule has 0 saturated carbocycles. The van der Waals surface area contributed by atoms with Crippen LogP contribution in [0, 0.1) is 0 Å². The van der Waals surface area contributed by atoms with E-state index in [4.69, 9.17) is 0 Å². The molecule has 1 saturated heterocycles. The predicted octanol–water partition coefficient (Wildman–Crippen LogP) is 3.59. The molecule has 0 bridgehead atoms. The Bertz CT molecular complexity index is 599. The van der Waals surface area contributed by atoms with Crippen LogP contribution in [0.2, 0.25) is 0 Å². The highest BCUT2D eigenvalue weighted by Crippen LogP contribution is 2.32. The van der Waals surface area contributed by atoms with Gasteiger partial charge in [-0.2, -0.15) is 0 Å². The first-order valence-electron chi connectivity index (χ1n) is 6.55. The number of benzene rings is 2. The van der Waals surface area contributed by atoms with Gasteiger partial charge < -0.3 is 4.90 Å². The summed E-state index contributed by atoms with van der Waals surface area (Å²) in [4.78, 5) is 14.1. The number of carbonyl (C=O) groups excluding carboxylic acids is 1. The maximum absolute atomic E-state index is 12.2. The highest BCUT2D eigenvalue weighted by atomic mass is 16.2. The molecule has 0 spiro atoms. The third kappa shape index (κ3) is 2.26. The summed E-state index contributed by atoms with van der Waals surface area (Å²) in [5.41, 5.74) is 3.12. The number of carbonyl (C=O) groups is 1. The minimum atomic E-state index is 0.0369. The van der Waals surface area contributed by atoms with E-state index < -0.39 is 0 Å². The van der Waals surface area contributed by atoms with E-state index in [0.717, 1.165) is 17.7 Å². The second kappa shape index (κ2) is 4.23. The molecular weight excluding hydrogens is 234 g/mol. The maximum atomic E-state index is 12.2. The lowest BCUT2D eigenvalue weighted by atomic mass is 10.0. The molecule has 2 aromatic carbocycles. The molecule has 0 aliphatic carbocycles. The Morgan fingerprint density at radius 2 is 1.47 bits per heavy atom. The van der Waals surface area contributed by atoms with Crippen LogP contribution < -0.4 is 0 Å². The van der Waals surface area contributed by atoms with Crippen molar-refractivity contribution in [1.29, 1.82) is 0 Å². The zero-order valence-electron chi connectivity index (χ0n) is 11.3. The Balaban J connectivity index is 1.82. The van der Waals surface area contributed by atoms with Crippen molar-refractivity contribution in [3.05, 3.63) is 60.2 Å². The Hall–Kier alpha value is -2.09. The molecule has 0 N–H and O–H groups in total. The summed E-state index contributed by atoms with van der Waals surface area (Å²) in [6.45, 7) is 5.03. The van der Waals surface area contributed by atoms with Crippen molar-refractivity contribution in [1.82, 2.24) is 4.90 Å². The molecule has 1 aliphatic rings. The summed E-state index contributed by atoms with van der Waals surface area (Å²) < 4.78 is 0. The van der Waals surface area contributed by atoms with Gasteiger partial charge in [0.25, 0.3) is 5.91 Å². The maximum Gasteiger partial charge on any atom is 0.254 e. The van der Waals surface area contributed by atoms with Crippen molar-refractivity contribution in [2.45, 2.75) is 19.4 Å². The van der Waals surface area contributed by atoms with Gasteiger partial charge in [0.2, 0.25) is 0 Å². The summed E-state index contributed by atoms with van der Waals surface area (Å²) >= 11 is 0. The summed E-state index contributed by atoms with van der Waals surface area (Å²) in [7, 11) is 0. The van der Waals surface area contributed by atoms with Gasteiger partial charge in [0.1, 0.15) is 0 Å². The van der Waals surface area contributed by atoms with Gasteiger partial charge in [-0.1, -0.05) is 42.5 Å². The fourth-order valence-electron chi connectivity index (χ4n) is 2.29. The summed E-state index contributed by atoms with van der Waals surface area (Å²) in [6, 6.07) is 18.1. The van der Waals surface area contributed by atoms with Gasteiger partial charge in [0, 0.05) is 12.1 Å². The number of rotatable bonds is 2. The Kier molecular flexibility index (Phi) is 2.67. The van der Waals surface area contributed by atoms with Crippen molar-refractivity contribution in [2.24, 2.45) is 0 Å². The van der Waals surface area contributed by atoms with Crippen LogP contribution in [0.5, 0.6) is 0 Å². The molecule has 0 radical (unpaired) electrons. The molecule has 1 heterocycles. The molecule has 3 rings (SSSR count). The van der Waals surface area contributed by atoms with E-state index in [-0.39, 0.29) is 11.4 Å². The quantitative estimate of drug-likeness (QED) is 0.747. The summed E-state index contributed by atoms with van der Waals surface area (Å²) in [6.07, 6.45) is 0. The zero-order valence-corrected chi connectivity index (χ0v) is 11.3. The lowest BCUT2D eigenvalue weighted by molar-refractivity contribution is 0.0861. The standard InChI is InChI=1S/C17H17NO/c1-17(2)12-18(17)16(19)15-10-8-14(9-11-15)13-6-4-3-5-7-13/h3-11H,12H2,1-2H3. The van der Waals surface area contributed by atoms with Crippen LogP contribution >= 0.6 is 0 Å². The van der Waals surface area contributed by atoms with Crippen LogP contribution in [0.25, 0.3) is 11.1 Å². The number of hydrogen-bond donors (Lipinski definition) is 0. The molecule has 1 aliphatic heterocycles. The lowest BCUT2D eigenvalue weighted by Gasteiger charge is -2.08. The third-order valence-corrected chi connectivity index (χ3v) is 3.66. The monoisotopic (exact) mass is 251 g/mol. The average molecular weight is 251 g/mol. The first kappa shape index (κ1) is 12.0. The normalized spacial score (nSPS) is 16.2. The van der Waals surface area contributed by atoms with Gasteiger partial charge in [0.15, 0.2) is 0 Å². The van der Waals surface area contributed by atoms with Crippen LogP contribution in [-0.2, 0) is 0 Å². The molecule has 96 valence electrons. The molecular formula is C17H17NO. The molecule has 19 heavy (non-hydrogen) atoms. The van der Waals surface area contributed by atoms with E-state index in [2.05, 4.69) is 26.0 Å². The fourth-order valence-corrected chi connectivity index (χ4v) is 2.29.